The lowest BCUT2D eigenvalue weighted by Crippen LogP contribution is -2.28. The summed E-state index contributed by atoms with van der Waals surface area (Å²) in [6.45, 7) is 5.86. The Morgan fingerprint density at radius 2 is 2.10 bits per heavy atom. The quantitative estimate of drug-likeness (QED) is 0.594. The van der Waals surface area contributed by atoms with Gasteiger partial charge in [-0.25, -0.2) is 15.0 Å². The van der Waals surface area contributed by atoms with Crippen LogP contribution in [0.25, 0.3) is 12.2 Å². The molecule has 1 aliphatic rings. The van der Waals surface area contributed by atoms with Crippen molar-refractivity contribution < 1.29 is 5.11 Å². The lowest BCUT2D eigenvalue weighted by atomic mass is 10.2. The van der Waals surface area contributed by atoms with E-state index < -0.39 is 0 Å². The number of aromatic hydroxyl groups is 1. The van der Waals surface area contributed by atoms with Crippen LogP contribution in [0.15, 0.2) is 36.5 Å². The summed E-state index contributed by atoms with van der Waals surface area (Å²) in [6.07, 6.45) is 6.87. The van der Waals surface area contributed by atoms with Gasteiger partial charge in [0.25, 0.3) is 0 Å². The molecule has 0 unspecified atom stereocenters. The summed E-state index contributed by atoms with van der Waals surface area (Å²) < 4.78 is 0. The number of hydrogen-bond donors (Lipinski definition) is 3. The van der Waals surface area contributed by atoms with E-state index in [1.165, 1.54) is 0 Å². The Labute approximate surface area is 174 Å². The van der Waals surface area contributed by atoms with Crippen LogP contribution in [0, 0.1) is 6.92 Å². The number of nitrogens with one attached hydrogen (secondary N) is 2. The average Bonchev–Trinajstić information content (AvgIpc) is 2.96. The van der Waals surface area contributed by atoms with Crippen LogP contribution < -0.4 is 15.5 Å². The van der Waals surface area contributed by atoms with Crippen molar-refractivity contribution in [1.82, 2.24) is 20.3 Å². The van der Waals surface area contributed by atoms with E-state index in [4.69, 9.17) is 0 Å². The first kappa shape index (κ1) is 19.4. The topological polar surface area (TPSA) is 86.2 Å². The number of anilines is 3. The van der Waals surface area contributed by atoms with Gasteiger partial charge < -0.3 is 20.6 Å². The second kappa shape index (κ2) is 9.02. The van der Waals surface area contributed by atoms with E-state index in [1.54, 1.807) is 23.5 Å². The number of phenols is 1. The van der Waals surface area contributed by atoms with E-state index in [2.05, 4.69) is 30.5 Å². The molecule has 0 spiro atoms. The van der Waals surface area contributed by atoms with Crippen LogP contribution in [0.4, 0.5) is 16.8 Å². The first-order valence-electron chi connectivity index (χ1n) is 9.67. The van der Waals surface area contributed by atoms with Crippen LogP contribution in [0.3, 0.4) is 0 Å². The fraction of sp³-hybridized carbons (Fsp3) is 0.286. The van der Waals surface area contributed by atoms with E-state index in [1.807, 2.05) is 43.5 Å². The third kappa shape index (κ3) is 5.30. The highest BCUT2D eigenvalue weighted by molar-refractivity contribution is 7.16. The van der Waals surface area contributed by atoms with Gasteiger partial charge in [0.2, 0.25) is 0 Å². The Balaban J connectivity index is 1.47. The molecule has 3 aromatic rings. The van der Waals surface area contributed by atoms with Crippen LogP contribution in [0.1, 0.15) is 22.7 Å². The van der Waals surface area contributed by atoms with Crippen molar-refractivity contribution in [2.75, 3.05) is 36.4 Å². The summed E-state index contributed by atoms with van der Waals surface area (Å²) in [5.74, 6) is 2.70. The Bertz CT molecular complexity index is 994. The zero-order valence-corrected chi connectivity index (χ0v) is 17.1. The van der Waals surface area contributed by atoms with Crippen LogP contribution in [-0.2, 0) is 0 Å². The third-order valence-electron chi connectivity index (χ3n) is 4.56. The molecule has 3 heterocycles. The van der Waals surface area contributed by atoms with Gasteiger partial charge >= 0.3 is 0 Å². The van der Waals surface area contributed by atoms with E-state index >= 15 is 0 Å². The zero-order valence-electron chi connectivity index (χ0n) is 16.3. The molecule has 1 fully saturated rings. The summed E-state index contributed by atoms with van der Waals surface area (Å²) in [4.78, 5) is 16.9. The smallest absolute Gasteiger partial charge is 0.188 e. The number of rotatable bonds is 5. The van der Waals surface area contributed by atoms with Crippen LogP contribution >= 0.6 is 11.3 Å². The largest absolute Gasteiger partial charge is 0.508 e. The number of benzene rings is 1. The van der Waals surface area contributed by atoms with E-state index in [0.29, 0.717) is 0 Å². The van der Waals surface area contributed by atoms with Crippen LogP contribution in [0.5, 0.6) is 5.75 Å². The Morgan fingerprint density at radius 3 is 3.00 bits per heavy atom. The van der Waals surface area contributed by atoms with Crippen LogP contribution in [-0.4, -0.2) is 46.2 Å². The fourth-order valence-electron chi connectivity index (χ4n) is 3.19. The fourth-order valence-corrected chi connectivity index (χ4v) is 3.92. The third-order valence-corrected chi connectivity index (χ3v) is 5.44. The maximum Gasteiger partial charge on any atom is 0.188 e. The Morgan fingerprint density at radius 1 is 1.17 bits per heavy atom. The van der Waals surface area contributed by atoms with Crippen molar-refractivity contribution in [2.24, 2.45) is 0 Å². The van der Waals surface area contributed by atoms with Gasteiger partial charge in [0.1, 0.15) is 23.2 Å². The van der Waals surface area contributed by atoms with Gasteiger partial charge in [-0.15, -0.1) is 0 Å². The summed E-state index contributed by atoms with van der Waals surface area (Å²) in [7, 11) is 0. The van der Waals surface area contributed by atoms with E-state index in [-0.39, 0.29) is 5.75 Å². The predicted octanol–water partition coefficient (Wildman–Crippen LogP) is 3.66. The van der Waals surface area contributed by atoms with Crippen molar-refractivity contribution in [3.8, 4) is 5.75 Å². The minimum absolute atomic E-state index is 0.258. The molecule has 0 radical (unpaired) electrons. The second-order valence-corrected chi connectivity index (χ2v) is 7.93. The molecule has 150 valence electrons. The Kier molecular flexibility index (Phi) is 6.02. The zero-order chi connectivity index (χ0) is 20.1. The molecule has 2 aromatic heterocycles. The normalized spacial score (nSPS) is 14.9. The van der Waals surface area contributed by atoms with Crippen LogP contribution in [0.2, 0.25) is 0 Å². The molecule has 1 aliphatic heterocycles. The number of nitrogens with zero attached hydrogens (tertiary/aromatic N) is 4. The molecular formula is C21H24N6OS. The molecule has 1 saturated heterocycles. The van der Waals surface area contributed by atoms with Gasteiger partial charge in [-0.3, -0.25) is 0 Å². The molecule has 29 heavy (non-hydrogen) atoms. The molecule has 0 saturated carbocycles. The number of hydrogen-bond acceptors (Lipinski definition) is 8. The Hall–Kier alpha value is -2.97. The first-order valence-corrected chi connectivity index (χ1v) is 10.5. The molecule has 0 atom stereocenters. The maximum absolute atomic E-state index is 9.56. The number of thiazole rings is 1. The SMILES string of the molecule is Cc1nc(Nc2ncc(/C=C/c3cccc(O)c3)s2)cc(N2CCCNCC2)n1. The first-order chi connectivity index (χ1) is 14.2. The van der Waals surface area contributed by atoms with Gasteiger partial charge in [0, 0.05) is 36.8 Å². The molecule has 8 heteroatoms. The molecule has 4 rings (SSSR count). The number of aryl methyl sites for hydroxylation is 1. The highest BCUT2D eigenvalue weighted by atomic mass is 32.1. The molecule has 1 aromatic carbocycles. The summed E-state index contributed by atoms with van der Waals surface area (Å²) in [6, 6.07) is 9.14. The summed E-state index contributed by atoms with van der Waals surface area (Å²) in [5, 5.41) is 17.1. The number of aromatic nitrogens is 3. The molecule has 7 nitrogen and oxygen atoms in total. The standard InChI is InChI=1S/C21H24N6OS/c1-15-24-19(13-20(25-15)27-10-3-8-22-9-11-27)26-21-23-14-18(29-21)7-6-16-4-2-5-17(28)12-16/h2,4-7,12-14,22,28H,3,8-11H2,1H3,(H,23,24,25,26)/b7-6+. The second-order valence-electron chi connectivity index (χ2n) is 6.87. The van der Waals surface area contributed by atoms with Gasteiger partial charge in [-0.2, -0.15) is 0 Å². The summed E-state index contributed by atoms with van der Waals surface area (Å²) in [5.41, 5.74) is 0.941. The number of phenolic OH excluding ortho intramolecular Hbond substituents is 1. The van der Waals surface area contributed by atoms with E-state index in [9.17, 15) is 5.11 Å². The average molecular weight is 409 g/mol. The molecule has 0 bridgehead atoms. The minimum Gasteiger partial charge on any atom is -0.508 e. The van der Waals surface area contributed by atoms with Crippen molar-refractivity contribution in [1.29, 1.82) is 0 Å². The highest BCUT2D eigenvalue weighted by Gasteiger charge is 2.13. The minimum atomic E-state index is 0.258. The monoisotopic (exact) mass is 408 g/mol. The van der Waals surface area contributed by atoms with Gasteiger partial charge in [-0.1, -0.05) is 29.5 Å². The highest BCUT2D eigenvalue weighted by Crippen LogP contribution is 2.25. The van der Waals surface area contributed by atoms with Gasteiger partial charge in [0.05, 0.1) is 0 Å². The van der Waals surface area contributed by atoms with Gasteiger partial charge in [0.15, 0.2) is 5.13 Å². The van der Waals surface area contributed by atoms with Crippen molar-refractivity contribution in [2.45, 2.75) is 13.3 Å². The van der Waals surface area contributed by atoms with Crippen molar-refractivity contribution in [3.63, 3.8) is 0 Å². The molecule has 0 aliphatic carbocycles. The van der Waals surface area contributed by atoms with E-state index in [0.717, 1.165) is 65.6 Å². The maximum atomic E-state index is 9.56. The van der Waals surface area contributed by atoms with Crippen molar-refractivity contribution >= 4 is 40.3 Å². The molecular weight excluding hydrogens is 384 g/mol. The van der Waals surface area contributed by atoms with Crippen molar-refractivity contribution in [3.05, 3.63) is 52.8 Å². The van der Waals surface area contributed by atoms with Gasteiger partial charge in [-0.05, 0) is 43.7 Å². The molecule has 3 N–H and O–H groups in total. The predicted molar refractivity (Wildman–Crippen MR) is 119 cm³/mol. The lowest BCUT2D eigenvalue weighted by molar-refractivity contribution is 0.475. The lowest BCUT2D eigenvalue weighted by Gasteiger charge is -2.21. The molecule has 0 amide bonds. The summed E-state index contributed by atoms with van der Waals surface area (Å²) >= 11 is 1.55.